The number of hydrogen-bond donors (Lipinski definition) is 1. The number of nitrogens with one attached hydrogen (secondary N) is 1. The van der Waals surface area contributed by atoms with Crippen molar-refractivity contribution in [2.75, 3.05) is 0 Å². The number of carbonyl (C=O) groups is 1. The first-order valence-electron chi connectivity index (χ1n) is 10.0. The van der Waals surface area contributed by atoms with E-state index in [4.69, 9.17) is 23.2 Å². The Morgan fingerprint density at radius 1 is 1.03 bits per heavy atom. The lowest BCUT2D eigenvalue weighted by molar-refractivity contribution is -0.384. The minimum atomic E-state index is -0.551. The topological polar surface area (TPSA) is 103 Å². The smallest absolute Gasteiger partial charge is 0.270 e. The highest BCUT2D eigenvalue weighted by Gasteiger charge is 2.19. The van der Waals surface area contributed by atoms with Gasteiger partial charge in [-0.15, -0.1) is 10.2 Å². The molecule has 11 heteroatoms. The van der Waals surface area contributed by atoms with Crippen molar-refractivity contribution in [1.82, 2.24) is 20.1 Å². The summed E-state index contributed by atoms with van der Waals surface area (Å²) in [5.74, 6) is 0.601. The summed E-state index contributed by atoms with van der Waals surface area (Å²) in [5.41, 5.74) is 1.69. The molecule has 0 fully saturated rings. The van der Waals surface area contributed by atoms with Crippen LogP contribution in [0.5, 0.6) is 0 Å². The van der Waals surface area contributed by atoms with Crippen molar-refractivity contribution in [2.45, 2.75) is 17.5 Å². The molecule has 0 aliphatic rings. The molecule has 0 radical (unpaired) electrons. The number of nitro groups is 1. The number of hydrogen-bond acceptors (Lipinski definition) is 6. The lowest BCUT2D eigenvalue weighted by Crippen LogP contribution is -2.24. The zero-order valence-electron chi connectivity index (χ0n) is 17.5. The summed E-state index contributed by atoms with van der Waals surface area (Å²) in [6.07, 6.45) is 0. The predicted octanol–water partition coefficient (Wildman–Crippen LogP) is 5.70. The second-order valence-electron chi connectivity index (χ2n) is 7.09. The molecule has 0 spiro atoms. The minimum Gasteiger partial charge on any atom is -0.345 e. The number of benzene rings is 3. The fourth-order valence-electron chi connectivity index (χ4n) is 3.15. The van der Waals surface area contributed by atoms with Gasteiger partial charge in [-0.3, -0.25) is 19.5 Å². The fourth-order valence-corrected chi connectivity index (χ4v) is 4.44. The minimum absolute atomic E-state index is 0.0171. The van der Waals surface area contributed by atoms with Crippen molar-refractivity contribution in [2.24, 2.45) is 0 Å². The van der Waals surface area contributed by atoms with Crippen LogP contribution >= 0.6 is 35.0 Å². The molecule has 4 aromatic rings. The van der Waals surface area contributed by atoms with E-state index in [1.165, 1.54) is 36.0 Å². The molecule has 0 aliphatic carbocycles. The van der Waals surface area contributed by atoms with Crippen molar-refractivity contribution < 1.29 is 9.72 Å². The van der Waals surface area contributed by atoms with Gasteiger partial charge in [0.15, 0.2) is 11.0 Å². The molecule has 8 nitrogen and oxygen atoms in total. The molecule has 0 saturated carbocycles. The van der Waals surface area contributed by atoms with Gasteiger partial charge in [-0.05, 0) is 29.8 Å². The average Bonchev–Trinajstić information content (AvgIpc) is 3.26. The van der Waals surface area contributed by atoms with Crippen LogP contribution in [0, 0.1) is 10.1 Å². The molecular weight excluding hydrogens is 497 g/mol. The summed E-state index contributed by atoms with van der Waals surface area (Å²) >= 11 is 14.1. The zero-order valence-corrected chi connectivity index (χ0v) is 19.8. The molecule has 1 amide bonds. The van der Waals surface area contributed by atoms with Gasteiger partial charge in [0.25, 0.3) is 11.6 Å². The Balaban J connectivity index is 1.61. The Labute approximate surface area is 209 Å². The van der Waals surface area contributed by atoms with E-state index in [0.717, 1.165) is 5.56 Å². The van der Waals surface area contributed by atoms with Crippen LogP contribution in [0.4, 0.5) is 5.69 Å². The quantitative estimate of drug-likeness (QED) is 0.184. The molecule has 0 atom stereocenters. The Morgan fingerprint density at radius 3 is 2.59 bits per heavy atom. The van der Waals surface area contributed by atoms with E-state index in [-0.39, 0.29) is 17.8 Å². The van der Waals surface area contributed by atoms with Gasteiger partial charge < -0.3 is 5.32 Å². The molecule has 172 valence electrons. The number of rotatable bonds is 8. The Hall–Kier alpha value is -3.40. The Morgan fingerprint density at radius 2 is 1.82 bits per heavy atom. The van der Waals surface area contributed by atoms with Gasteiger partial charge >= 0.3 is 0 Å². The molecule has 3 aromatic carbocycles. The lowest BCUT2D eigenvalue weighted by Gasteiger charge is -2.13. The maximum atomic E-state index is 12.6. The molecule has 4 rings (SSSR count). The second-order valence-corrected chi connectivity index (χ2v) is 8.88. The van der Waals surface area contributed by atoms with E-state index < -0.39 is 10.8 Å². The maximum absolute atomic E-state index is 12.6. The van der Waals surface area contributed by atoms with E-state index in [0.29, 0.717) is 32.5 Å². The number of thioether (sulfide) groups is 1. The summed E-state index contributed by atoms with van der Waals surface area (Å²) in [4.78, 5) is 23.1. The second kappa shape index (κ2) is 10.7. The standard InChI is InChI=1S/C23H17Cl2N5O3S/c24-17-9-10-19(25)20(12-17)29-21(27-28-23(29)34-14-15-5-2-1-3-6-15)13-26-22(31)16-7-4-8-18(11-16)30(32)33/h1-12H,13-14H2,(H,26,31). The number of carbonyl (C=O) groups excluding carboxylic acids is 1. The Kier molecular flexibility index (Phi) is 7.46. The summed E-state index contributed by atoms with van der Waals surface area (Å²) in [6.45, 7) is 0.0171. The third kappa shape index (κ3) is 5.56. The van der Waals surface area contributed by atoms with Crippen molar-refractivity contribution in [3.63, 3.8) is 0 Å². The van der Waals surface area contributed by atoms with E-state index in [2.05, 4.69) is 15.5 Å². The van der Waals surface area contributed by atoms with Gasteiger partial charge in [0.1, 0.15) is 0 Å². The third-order valence-electron chi connectivity index (χ3n) is 4.79. The summed E-state index contributed by atoms with van der Waals surface area (Å²) in [5, 5.41) is 23.8. The fraction of sp³-hybridized carbons (Fsp3) is 0.0870. The van der Waals surface area contributed by atoms with Crippen LogP contribution in [0.25, 0.3) is 5.69 Å². The molecule has 1 aromatic heterocycles. The molecule has 34 heavy (non-hydrogen) atoms. The van der Waals surface area contributed by atoms with E-state index in [1.54, 1.807) is 22.8 Å². The van der Waals surface area contributed by atoms with E-state index >= 15 is 0 Å². The summed E-state index contributed by atoms with van der Waals surface area (Å²) < 4.78 is 1.75. The SMILES string of the molecule is O=C(NCc1nnc(SCc2ccccc2)n1-c1cc(Cl)ccc1Cl)c1cccc([N+](=O)[O-])c1. The highest BCUT2D eigenvalue weighted by molar-refractivity contribution is 7.98. The molecule has 0 unspecified atom stereocenters. The zero-order chi connectivity index (χ0) is 24.1. The van der Waals surface area contributed by atoms with Gasteiger partial charge in [-0.25, -0.2) is 0 Å². The largest absolute Gasteiger partial charge is 0.345 e. The predicted molar refractivity (Wildman–Crippen MR) is 132 cm³/mol. The number of non-ortho nitro benzene ring substituents is 1. The van der Waals surface area contributed by atoms with Gasteiger partial charge in [0.05, 0.1) is 22.2 Å². The van der Waals surface area contributed by atoms with Crippen molar-refractivity contribution in [1.29, 1.82) is 0 Å². The van der Waals surface area contributed by atoms with Crippen LogP contribution in [-0.2, 0) is 12.3 Å². The van der Waals surface area contributed by atoms with Crippen molar-refractivity contribution in [3.8, 4) is 5.69 Å². The average molecular weight is 514 g/mol. The van der Waals surface area contributed by atoms with Crippen LogP contribution in [0.1, 0.15) is 21.7 Å². The number of amides is 1. The van der Waals surface area contributed by atoms with Crippen molar-refractivity contribution >= 4 is 46.6 Å². The molecule has 0 bridgehead atoms. The first-order chi connectivity index (χ1) is 16.4. The van der Waals surface area contributed by atoms with Gasteiger partial charge in [-0.1, -0.05) is 71.4 Å². The molecule has 1 N–H and O–H groups in total. The van der Waals surface area contributed by atoms with Crippen LogP contribution < -0.4 is 5.32 Å². The van der Waals surface area contributed by atoms with Gasteiger partial charge in [-0.2, -0.15) is 0 Å². The van der Waals surface area contributed by atoms with Gasteiger partial charge in [0.2, 0.25) is 0 Å². The summed E-state index contributed by atoms with van der Waals surface area (Å²) in [7, 11) is 0. The Bertz CT molecular complexity index is 1350. The van der Waals surface area contributed by atoms with Crippen LogP contribution in [0.15, 0.2) is 78.0 Å². The van der Waals surface area contributed by atoms with Crippen LogP contribution in [-0.4, -0.2) is 25.6 Å². The molecule has 0 saturated heterocycles. The third-order valence-corrected chi connectivity index (χ3v) is 6.34. The highest BCUT2D eigenvalue weighted by atomic mass is 35.5. The number of halogens is 2. The van der Waals surface area contributed by atoms with Crippen LogP contribution in [0.3, 0.4) is 0 Å². The maximum Gasteiger partial charge on any atom is 0.270 e. The number of nitrogens with zero attached hydrogens (tertiary/aromatic N) is 4. The van der Waals surface area contributed by atoms with Crippen molar-refractivity contribution in [3.05, 3.63) is 110 Å². The molecular formula is C23H17Cl2N5O3S. The van der Waals surface area contributed by atoms with Gasteiger partial charge in [0, 0.05) is 28.5 Å². The first-order valence-corrected chi connectivity index (χ1v) is 11.8. The summed E-state index contributed by atoms with van der Waals surface area (Å²) in [6, 6.07) is 20.5. The normalized spacial score (nSPS) is 10.8. The van der Waals surface area contributed by atoms with E-state index in [1.807, 2.05) is 30.3 Å². The van der Waals surface area contributed by atoms with E-state index in [9.17, 15) is 14.9 Å². The number of nitro benzene ring substituents is 1. The first kappa shape index (κ1) is 23.7. The molecule has 1 heterocycles. The molecule has 0 aliphatic heterocycles. The lowest BCUT2D eigenvalue weighted by atomic mass is 10.2. The van der Waals surface area contributed by atoms with Crippen LogP contribution in [0.2, 0.25) is 10.0 Å². The number of aromatic nitrogens is 3. The highest BCUT2D eigenvalue weighted by Crippen LogP contribution is 2.31. The monoisotopic (exact) mass is 513 g/mol.